The first kappa shape index (κ1) is 18.0. The molecular formula is C17H31N3O. The van der Waals surface area contributed by atoms with E-state index in [9.17, 15) is 0 Å². The van der Waals surface area contributed by atoms with Gasteiger partial charge in [0.1, 0.15) is 5.75 Å². The standard InChI is InChI=1S/C17H31N3O/c1-5-13-21-16-9-7-15(8-10-16)17(14-18)20(4)12-6-11-19(2)3/h7-10,17H,5-6,11-14,18H2,1-4H3. The van der Waals surface area contributed by atoms with Gasteiger partial charge in [-0.1, -0.05) is 19.1 Å². The van der Waals surface area contributed by atoms with Crippen LogP contribution in [0.3, 0.4) is 0 Å². The zero-order valence-corrected chi connectivity index (χ0v) is 14.0. The van der Waals surface area contributed by atoms with E-state index in [4.69, 9.17) is 10.5 Å². The van der Waals surface area contributed by atoms with E-state index in [0.29, 0.717) is 6.54 Å². The highest BCUT2D eigenvalue weighted by atomic mass is 16.5. The number of nitrogens with two attached hydrogens (primary N) is 1. The molecule has 1 aromatic rings. The van der Waals surface area contributed by atoms with Gasteiger partial charge in [-0.05, 0) is 64.8 Å². The maximum absolute atomic E-state index is 5.97. The number of benzene rings is 1. The molecule has 0 amide bonds. The van der Waals surface area contributed by atoms with Crippen LogP contribution in [0.5, 0.6) is 5.75 Å². The van der Waals surface area contributed by atoms with Crippen LogP contribution < -0.4 is 10.5 Å². The number of ether oxygens (including phenoxy) is 1. The minimum atomic E-state index is 0.271. The van der Waals surface area contributed by atoms with Crippen LogP contribution in [-0.2, 0) is 0 Å². The van der Waals surface area contributed by atoms with Gasteiger partial charge in [-0.3, -0.25) is 4.90 Å². The van der Waals surface area contributed by atoms with Gasteiger partial charge in [0.15, 0.2) is 0 Å². The van der Waals surface area contributed by atoms with E-state index < -0.39 is 0 Å². The molecule has 4 heteroatoms. The molecule has 0 aliphatic rings. The highest BCUT2D eigenvalue weighted by Gasteiger charge is 2.15. The van der Waals surface area contributed by atoms with Crippen molar-refractivity contribution in [2.75, 3.05) is 47.4 Å². The lowest BCUT2D eigenvalue weighted by Crippen LogP contribution is -2.32. The predicted octanol–water partition coefficient (Wildman–Crippen LogP) is 2.36. The fourth-order valence-corrected chi connectivity index (χ4v) is 2.37. The molecule has 0 fully saturated rings. The van der Waals surface area contributed by atoms with Gasteiger partial charge >= 0.3 is 0 Å². The summed E-state index contributed by atoms with van der Waals surface area (Å²) in [5, 5.41) is 0. The van der Waals surface area contributed by atoms with Crippen molar-refractivity contribution in [2.45, 2.75) is 25.8 Å². The van der Waals surface area contributed by atoms with Gasteiger partial charge in [-0.15, -0.1) is 0 Å². The third kappa shape index (κ3) is 6.46. The third-order valence-electron chi connectivity index (χ3n) is 3.61. The molecule has 1 aromatic carbocycles. The van der Waals surface area contributed by atoms with E-state index in [2.05, 4.69) is 50.0 Å². The lowest BCUT2D eigenvalue weighted by atomic mass is 10.1. The molecule has 2 N–H and O–H groups in total. The van der Waals surface area contributed by atoms with E-state index in [0.717, 1.165) is 38.3 Å². The molecule has 4 nitrogen and oxygen atoms in total. The monoisotopic (exact) mass is 293 g/mol. The molecule has 0 heterocycles. The van der Waals surface area contributed by atoms with Crippen LogP contribution >= 0.6 is 0 Å². The largest absolute Gasteiger partial charge is 0.494 e. The summed E-state index contributed by atoms with van der Waals surface area (Å²) in [6, 6.07) is 8.62. The van der Waals surface area contributed by atoms with Crippen molar-refractivity contribution in [1.82, 2.24) is 9.80 Å². The van der Waals surface area contributed by atoms with Crippen LogP contribution in [0.1, 0.15) is 31.4 Å². The summed E-state index contributed by atoms with van der Waals surface area (Å²) in [6.07, 6.45) is 2.18. The fraction of sp³-hybridized carbons (Fsp3) is 0.647. The summed E-state index contributed by atoms with van der Waals surface area (Å²) in [7, 11) is 6.36. The van der Waals surface area contributed by atoms with Gasteiger partial charge in [-0.25, -0.2) is 0 Å². The van der Waals surface area contributed by atoms with Crippen molar-refractivity contribution in [3.05, 3.63) is 29.8 Å². The summed E-state index contributed by atoms with van der Waals surface area (Å²) in [5.74, 6) is 0.937. The minimum Gasteiger partial charge on any atom is -0.494 e. The third-order valence-corrected chi connectivity index (χ3v) is 3.61. The number of hydrogen-bond acceptors (Lipinski definition) is 4. The molecule has 1 unspecified atom stereocenters. The van der Waals surface area contributed by atoms with Crippen LogP contribution in [0, 0.1) is 0 Å². The SMILES string of the molecule is CCCOc1ccc(C(CN)N(C)CCCN(C)C)cc1. The molecule has 0 bridgehead atoms. The average Bonchev–Trinajstić information content (AvgIpc) is 2.47. The molecule has 0 aliphatic carbocycles. The molecule has 0 radical (unpaired) electrons. The number of nitrogens with zero attached hydrogens (tertiary/aromatic N) is 2. The van der Waals surface area contributed by atoms with Crippen molar-refractivity contribution in [2.24, 2.45) is 5.73 Å². The summed E-state index contributed by atoms with van der Waals surface area (Å²) in [6.45, 7) is 5.67. The molecule has 0 aromatic heterocycles. The van der Waals surface area contributed by atoms with Crippen LogP contribution in [0.25, 0.3) is 0 Å². The van der Waals surface area contributed by atoms with E-state index in [1.165, 1.54) is 5.56 Å². The van der Waals surface area contributed by atoms with Crippen molar-refractivity contribution >= 4 is 0 Å². The second-order valence-electron chi connectivity index (χ2n) is 5.81. The van der Waals surface area contributed by atoms with Gasteiger partial charge in [0.2, 0.25) is 0 Å². The Bertz CT molecular complexity index is 378. The van der Waals surface area contributed by atoms with Crippen LogP contribution in [-0.4, -0.2) is 57.2 Å². The number of hydrogen-bond donors (Lipinski definition) is 1. The Morgan fingerprint density at radius 1 is 1.10 bits per heavy atom. The molecule has 0 spiro atoms. The first-order chi connectivity index (χ1) is 10.1. The van der Waals surface area contributed by atoms with Crippen molar-refractivity contribution in [1.29, 1.82) is 0 Å². The van der Waals surface area contributed by atoms with E-state index in [1.807, 2.05) is 12.1 Å². The number of likely N-dealkylation sites (N-methyl/N-ethyl adjacent to an activating group) is 1. The highest BCUT2D eigenvalue weighted by Crippen LogP contribution is 2.21. The van der Waals surface area contributed by atoms with Crippen molar-refractivity contribution in [3.63, 3.8) is 0 Å². The van der Waals surface area contributed by atoms with Crippen molar-refractivity contribution in [3.8, 4) is 5.75 Å². The summed E-state index contributed by atoms with van der Waals surface area (Å²) < 4.78 is 5.62. The predicted molar refractivity (Wildman–Crippen MR) is 89.8 cm³/mol. The van der Waals surface area contributed by atoms with Gasteiger partial charge in [0.05, 0.1) is 6.61 Å². The molecule has 0 saturated heterocycles. The smallest absolute Gasteiger partial charge is 0.119 e. The van der Waals surface area contributed by atoms with Crippen molar-refractivity contribution < 1.29 is 4.74 Å². The summed E-state index contributed by atoms with van der Waals surface area (Å²) in [4.78, 5) is 4.55. The topological polar surface area (TPSA) is 41.7 Å². The Morgan fingerprint density at radius 2 is 1.76 bits per heavy atom. The zero-order chi connectivity index (χ0) is 15.7. The molecule has 1 atom stereocenters. The first-order valence-electron chi connectivity index (χ1n) is 7.86. The summed E-state index contributed by atoms with van der Waals surface area (Å²) >= 11 is 0. The van der Waals surface area contributed by atoms with Gasteiger partial charge in [-0.2, -0.15) is 0 Å². The molecule has 0 aliphatic heterocycles. The van der Waals surface area contributed by atoms with Gasteiger partial charge < -0.3 is 15.4 Å². The Kier molecular flexibility index (Phi) is 8.35. The highest BCUT2D eigenvalue weighted by molar-refractivity contribution is 5.29. The summed E-state index contributed by atoms with van der Waals surface area (Å²) in [5.41, 5.74) is 7.23. The molecule has 21 heavy (non-hydrogen) atoms. The fourth-order valence-electron chi connectivity index (χ4n) is 2.37. The Morgan fingerprint density at radius 3 is 2.29 bits per heavy atom. The minimum absolute atomic E-state index is 0.271. The maximum Gasteiger partial charge on any atom is 0.119 e. The second kappa shape index (κ2) is 9.77. The Hall–Kier alpha value is -1.10. The Labute approximate surface area is 129 Å². The average molecular weight is 293 g/mol. The lowest BCUT2D eigenvalue weighted by molar-refractivity contribution is 0.235. The normalized spacial score (nSPS) is 12.9. The molecule has 0 saturated carbocycles. The second-order valence-corrected chi connectivity index (χ2v) is 5.81. The Balaban J connectivity index is 2.57. The maximum atomic E-state index is 5.97. The first-order valence-corrected chi connectivity index (χ1v) is 7.86. The molecular weight excluding hydrogens is 262 g/mol. The number of rotatable bonds is 10. The quantitative estimate of drug-likeness (QED) is 0.719. The zero-order valence-electron chi connectivity index (χ0n) is 14.0. The van der Waals surface area contributed by atoms with E-state index in [1.54, 1.807) is 0 Å². The van der Waals surface area contributed by atoms with E-state index in [-0.39, 0.29) is 6.04 Å². The molecule has 1 rings (SSSR count). The van der Waals surface area contributed by atoms with Gasteiger partial charge in [0, 0.05) is 12.6 Å². The van der Waals surface area contributed by atoms with Gasteiger partial charge in [0.25, 0.3) is 0 Å². The lowest BCUT2D eigenvalue weighted by Gasteiger charge is -2.28. The van der Waals surface area contributed by atoms with Crippen LogP contribution in [0.2, 0.25) is 0 Å². The van der Waals surface area contributed by atoms with Crippen LogP contribution in [0.15, 0.2) is 24.3 Å². The molecule has 120 valence electrons. The van der Waals surface area contributed by atoms with E-state index >= 15 is 0 Å². The van der Waals surface area contributed by atoms with Crippen LogP contribution in [0.4, 0.5) is 0 Å².